The first-order valence-corrected chi connectivity index (χ1v) is 7.10. The molecule has 0 amide bonds. The minimum Gasteiger partial charge on any atom is -0.337 e. The molecular formula is C14H26N4. The number of nitrogens with zero attached hydrogens (tertiary/aromatic N) is 3. The molecule has 2 rings (SSSR count). The van der Waals surface area contributed by atoms with Crippen molar-refractivity contribution in [2.75, 3.05) is 13.1 Å². The van der Waals surface area contributed by atoms with Crippen LogP contribution >= 0.6 is 0 Å². The molecule has 1 N–H and O–H groups in total. The Kier molecular flexibility index (Phi) is 4.78. The fourth-order valence-corrected chi connectivity index (χ4v) is 2.55. The molecule has 1 aromatic rings. The summed E-state index contributed by atoms with van der Waals surface area (Å²) in [5.74, 6) is 1.15. The molecule has 0 aliphatic carbocycles. The molecule has 0 bridgehead atoms. The van der Waals surface area contributed by atoms with Crippen molar-refractivity contribution in [3.8, 4) is 0 Å². The van der Waals surface area contributed by atoms with E-state index in [1.165, 1.54) is 25.8 Å². The Morgan fingerprint density at radius 1 is 1.50 bits per heavy atom. The molecule has 1 aliphatic rings. The number of nitrogens with one attached hydrogen (secondary N) is 1. The van der Waals surface area contributed by atoms with Crippen molar-refractivity contribution < 1.29 is 0 Å². The first kappa shape index (κ1) is 13.6. The van der Waals surface area contributed by atoms with Crippen LogP contribution in [-0.4, -0.2) is 39.6 Å². The van der Waals surface area contributed by atoms with Gasteiger partial charge in [-0.25, -0.2) is 4.98 Å². The predicted molar refractivity (Wildman–Crippen MR) is 74.4 cm³/mol. The highest BCUT2D eigenvalue weighted by Gasteiger charge is 2.19. The van der Waals surface area contributed by atoms with Gasteiger partial charge >= 0.3 is 0 Å². The lowest BCUT2D eigenvalue weighted by molar-refractivity contribution is 0.172. The van der Waals surface area contributed by atoms with Crippen LogP contribution in [0.1, 0.15) is 38.9 Å². The third-order valence-corrected chi connectivity index (χ3v) is 3.86. The largest absolute Gasteiger partial charge is 0.337 e. The van der Waals surface area contributed by atoms with Gasteiger partial charge in [0.1, 0.15) is 5.82 Å². The van der Waals surface area contributed by atoms with E-state index >= 15 is 0 Å². The molecule has 1 atom stereocenters. The molecule has 18 heavy (non-hydrogen) atoms. The summed E-state index contributed by atoms with van der Waals surface area (Å²) < 4.78 is 2.11. The van der Waals surface area contributed by atoms with Crippen molar-refractivity contribution in [3.05, 3.63) is 18.2 Å². The summed E-state index contributed by atoms with van der Waals surface area (Å²) in [6.07, 6.45) is 7.91. The van der Waals surface area contributed by atoms with E-state index < -0.39 is 0 Å². The third-order valence-electron chi connectivity index (χ3n) is 3.86. The molecule has 102 valence electrons. The van der Waals surface area contributed by atoms with Crippen molar-refractivity contribution in [1.82, 2.24) is 19.8 Å². The first-order chi connectivity index (χ1) is 8.66. The summed E-state index contributed by atoms with van der Waals surface area (Å²) >= 11 is 0. The average Bonchev–Trinajstić information content (AvgIpc) is 2.75. The maximum absolute atomic E-state index is 4.43. The van der Waals surface area contributed by atoms with Gasteiger partial charge in [-0.1, -0.05) is 6.42 Å². The van der Waals surface area contributed by atoms with E-state index in [2.05, 4.69) is 40.7 Å². The molecule has 1 aromatic heterocycles. The van der Waals surface area contributed by atoms with Crippen LogP contribution in [0.3, 0.4) is 0 Å². The minimum atomic E-state index is 0.561. The minimum absolute atomic E-state index is 0.561. The Balaban J connectivity index is 1.93. The van der Waals surface area contributed by atoms with Crippen LogP contribution in [-0.2, 0) is 13.6 Å². The van der Waals surface area contributed by atoms with Crippen LogP contribution in [0.25, 0.3) is 0 Å². The number of imidazole rings is 1. The molecule has 4 nitrogen and oxygen atoms in total. The highest BCUT2D eigenvalue weighted by atomic mass is 15.2. The Morgan fingerprint density at radius 3 is 2.89 bits per heavy atom. The Morgan fingerprint density at radius 2 is 2.33 bits per heavy atom. The number of hydrogen-bond acceptors (Lipinski definition) is 3. The summed E-state index contributed by atoms with van der Waals surface area (Å²) in [7, 11) is 2.07. The number of rotatable bonds is 5. The molecular weight excluding hydrogens is 224 g/mol. The van der Waals surface area contributed by atoms with Gasteiger partial charge in [-0.15, -0.1) is 0 Å². The van der Waals surface area contributed by atoms with Crippen molar-refractivity contribution in [3.63, 3.8) is 0 Å². The smallest absolute Gasteiger partial charge is 0.122 e. The first-order valence-electron chi connectivity index (χ1n) is 7.10. The monoisotopic (exact) mass is 250 g/mol. The summed E-state index contributed by atoms with van der Waals surface area (Å²) in [5.41, 5.74) is 0. The second kappa shape index (κ2) is 6.34. The maximum Gasteiger partial charge on any atom is 0.122 e. The summed E-state index contributed by atoms with van der Waals surface area (Å²) in [6, 6.07) is 1.21. The van der Waals surface area contributed by atoms with Gasteiger partial charge in [0.05, 0.1) is 6.54 Å². The fraction of sp³-hybridized carbons (Fsp3) is 0.786. The zero-order valence-electron chi connectivity index (χ0n) is 11.9. The topological polar surface area (TPSA) is 33.1 Å². The molecule has 4 heteroatoms. The van der Waals surface area contributed by atoms with Crippen molar-refractivity contribution >= 4 is 0 Å². The predicted octanol–water partition coefficient (Wildman–Crippen LogP) is 1.77. The molecule has 1 aliphatic heterocycles. The number of piperidine rings is 1. The van der Waals surface area contributed by atoms with Gasteiger partial charge in [0, 0.05) is 38.1 Å². The molecule has 0 spiro atoms. The van der Waals surface area contributed by atoms with Gasteiger partial charge in [0.15, 0.2) is 0 Å². The molecule has 0 aromatic carbocycles. The van der Waals surface area contributed by atoms with Crippen LogP contribution in [0.15, 0.2) is 12.4 Å². The molecule has 1 unspecified atom stereocenters. The highest BCUT2D eigenvalue weighted by molar-refractivity contribution is 4.92. The average molecular weight is 250 g/mol. The lowest BCUT2D eigenvalue weighted by atomic mass is 10.0. The van der Waals surface area contributed by atoms with Crippen LogP contribution in [0.2, 0.25) is 0 Å². The van der Waals surface area contributed by atoms with Crippen LogP contribution in [0.5, 0.6) is 0 Å². The summed E-state index contributed by atoms with van der Waals surface area (Å²) in [5, 5.41) is 3.63. The van der Waals surface area contributed by atoms with Gasteiger partial charge in [0.2, 0.25) is 0 Å². The van der Waals surface area contributed by atoms with Crippen LogP contribution in [0, 0.1) is 0 Å². The highest BCUT2D eigenvalue weighted by Crippen LogP contribution is 2.12. The molecule has 0 radical (unpaired) electrons. The summed E-state index contributed by atoms with van der Waals surface area (Å²) in [6.45, 7) is 7.79. The number of aromatic nitrogens is 2. The van der Waals surface area contributed by atoms with Gasteiger partial charge in [-0.2, -0.15) is 0 Å². The van der Waals surface area contributed by atoms with E-state index in [-0.39, 0.29) is 0 Å². The SMILES string of the molecule is CC(C)N(Cc1nccn1C)CC1CCCCN1. The van der Waals surface area contributed by atoms with Crippen molar-refractivity contribution in [2.24, 2.45) is 7.05 Å². The van der Waals surface area contributed by atoms with E-state index in [0.29, 0.717) is 12.1 Å². The van der Waals surface area contributed by atoms with Gasteiger partial charge in [0.25, 0.3) is 0 Å². The Hall–Kier alpha value is -0.870. The lowest BCUT2D eigenvalue weighted by Crippen LogP contribution is -2.45. The zero-order valence-corrected chi connectivity index (χ0v) is 11.9. The van der Waals surface area contributed by atoms with E-state index in [1.54, 1.807) is 0 Å². The van der Waals surface area contributed by atoms with E-state index in [1.807, 2.05) is 12.4 Å². The number of aryl methyl sites for hydroxylation is 1. The van der Waals surface area contributed by atoms with Crippen molar-refractivity contribution in [2.45, 2.75) is 51.7 Å². The van der Waals surface area contributed by atoms with E-state index in [9.17, 15) is 0 Å². The lowest BCUT2D eigenvalue weighted by Gasteiger charge is -2.32. The van der Waals surface area contributed by atoms with Crippen LogP contribution in [0.4, 0.5) is 0 Å². The quantitative estimate of drug-likeness (QED) is 0.864. The molecule has 1 saturated heterocycles. The van der Waals surface area contributed by atoms with Gasteiger partial charge < -0.3 is 9.88 Å². The van der Waals surface area contributed by atoms with Gasteiger partial charge in [-0.3, -0.25) is 4.90 Å². The van der Waals surface area contributed by atoms with E-state index in [4.69, 9.17) is 0 Å². The standard InChI is InChI=1S/C14H26N4/c1-12(2)18(10-13-6-4-5-7-15-13)11-14-16-8-9-17(14)3/h8-9,12-13,15H,4-7,10-11H2,1-3H3. The molecule has 1 fully saturated rings. The van der Waals surface area contributed by atoms with E-state index in [0.717, 1.165) is 18.9 Å². The van der Waals surface area contributed by atoms with Crippen molar-refractivity contribution in [1.29, 1.82) is 0 Å². The normalized spacial score (nSPS) is 20.8. The Labute approximate surface area is 110 Å². The van der Waals surface area contributed by atoms with Gasteiger partial charge in [-0.05, 0) is 33.2 Å². The fourth-order valence-electron chi connectivity index (χ4n) is 2.55. The molecule has 0 saturated carbocycles. The van der Waals surface area contributed by atoms with Crippen LogP contribution < -0.4 is 5.32 Å². The Bertz CT molecular complexity index is 352. The number of hydrogen-bond donors (Lipinski definition) is 1. The second-order valence-corrected chi connectivity index (χ2v) is 5.62. The summed E-state index contributed by atoms with van der Waals surface area (Å²) in [4.78, 5) is 6.95. The molecule has 2 heterocycles. The second-order valence-electron chi connectivity index (χ2n) is 5.62. The zero-order chi connectivity index (χ0) is 13.0. The maximum atomic E-state index is 4.43. The third kappa shape index (κ3) is 3.56.